The molecule has 1 atom stereocenters. The summed E-state index contributed by atoms with van der Waals surface area (Å²) in [7, 11) is 0. The lowest BCUT2D eigenvalue weighted by Crippen LogP contribution is -2.29. The van der Waals surface area contributed by atoms with Crippen molar-refractivity contribution in [3.05, 3.63) is 247 Å². The maximum Gasteiger partial charge on any atom is 0.135 e. The van der Waals surface area contributed by atoms with Gasteiger partial charge in [-0.2, -0.15) is 0 Å². The van der Waals surface area contributed by atoms with Crippen LogP contribution in [0.5, 0.6) is 0 Å². The highest BCUT2D eigenvalue weighted by atomic mass is 16.3. The number of nitrogens with zero attached hydrogens (tertiary/aromatic N) is 1. The Morgan fingerprint density at radius 1 is 0.311 bits per heavy atom. The first kappa shape index (κ1) is 34.0. The molecule has 13 rings (SSSR count). The van der Waals surface area contributed by atoms with Crippen LogP contribution in [-0.4, -0.2) is 0 Å². The Bertz CT molecular complexity index is 3560. The zero-order chi connectivity index (χ0) is 40.1. The van der Waals surface area contributed by atoms with Gasteiger partial charge < -0.3 is 9.32 Å². The monoisotopic (exact) mass is 775 g/mol. The molecule has 11 aromatic rings. The molecule has 0 N–H and O–H groups in total. The van der Waals surface area contributed by atoms with Crippen molar-refractivity contribution in [3.63, 3.8) is 0 Å². The molecule has 1 heterocycles. The van der Waals surface area contributed by atoms with Crippen LogP contribution in [0.25, 0.3) is 77.2 Å². The summed E-state index contributed by atoms with van der Waals surface area (Å²) < 4.78 is 6.37. The maximum absolute atomic E-state index is 6.37. The van der Waals surface area contributed by atoms with Gasteiger partial charge in [-0.25, -0.2) is 0 Å². The highest BCUT2D eigenvalue weighted by Gasteiger charge is 2.50. The summed E-state index contributed by atoms with van der Waals surface area (Å²) in [5, 5.41) is 4.70. The molecule has 1 aromatic heterocycles. The Morgan fingerprint density at radius 2 is 0.836 bits per heavy atom. The van der Waals surface area contributed by atoms with E-state index in [1.165, 1.54) is 72.0 Å². The number of furan rings is 1. The van der Waals surface area contributed by atoms with Crippen molar-refractivity contribution in [2.75, 3.05) is 4.90 Å². The Labute approximate surface area is 354 Å². The molecule has 0 saturated heterocycles. The van der Waals surface area contributed by atoms with E-state index in [0.29, 0.717) is 0 Å². The number of hydrogen-bond acceptors (Lipinski definition) is 2. The van der Waals surface area contributed by atoms with Crippen LogP contribution in [0.3, 0.4) is 0 Å². The molecule has 2 aliphatic carbocycles. The summed E-state index contributed by atoms with van der Waals surface area (Å²) in [6.07, 6.45) is 0. The van der Waals surface area contributed by atoms with Gasteiger partial charge in [0.15, 0.2) is 0 Å². The van der Waals surface area contributed by atoms with Gasteiger partial charge in [-0.3, -0.25) is 0 Å². The van der Waals surface area contributed by atoms with Crippen molar-refractivity contribution >= 4 is 49.8 Å². The minimum Gasteiger partial charge on any atom is -0.456 e. The van der Waals surface area contributed by atoms with Crippen LogP contribution in [0, 0.1) is 0 Å². The predicted octanol–water partition coefficient (Wildman–Crippen LogP) is 15.9. The molecule has 0 fully saturated rings. The van der Waals surface area contributed by atoms with Crippen LogP contribution in [0.4, 0.5) is 17.1 Å². The number of fused-ring (bicyclic) bond motifs is 16. The van der Waals surface area contributed by atoms with Crippen molar-refractivity contribution < 1.29 is 4.42 Å². The van der Waals surface area contributed by atoms with Crippen molar-refractivity contribution in [3.8, 4) is 44.5 Å². The predicted molar refractivity (Wildman–Crippen MR) is 253 cm³/mol. The fourth-order valence-electron chi connectivity index (χ4n) is 10.7. The SMILES string of the molecule is c1ccc(-c2ccccc2N(c2ccc3c(c2)-c2ccccc2-c2ccccc2C32c3ccccc3-c3cc4ccccc4cc32)c2ccc3oc4ccccc4c3c2)cc1. The van der Waals surface area contributed by atoms with Crippen LogP contribution in [-0.2, 0) is 5.41 Å². The highest BCUT2D eigenvalue weighted by molar-refractivity contribution is 6.07. The molecule has 0 amide bonds. The Hall–Kier alpha value is -7.94. The summed E-state index contributed by atoms with van der Waals surface area (Å²) in [5.74, 6) is 0. The molecule has 284 valence electrons. The number of benzene rings is 10. The summed E-state index contributed by atoms with van der Waals surface area (Å²) in [6, 6.07) is 82.7. The van der Waals surface area contributed by atoms with Gasteiger partial charge in [0, 0.05) is 27.7 Å². The molecule has 0 aliphatic heterocycles. The molecule has 2 aliphatic rings. The summed E-state index contributed by atoms with van der Waals surface area (Å²) in [6.45, 7) is 0. The fraction of sp³-hybridized carbons (Fsp3) is 0.0169. The molecule has 1 spiro atoms. The molecule has 2 nitrogen and oxygen atoms in total. The second kappa shape index (κ2) is 13.0. The van der Waals surface area contributed by atoms with Gasteiger partial charge in [-0.05, 0) is 127 Å². The first-order chi connectivity index (χ1) is 30.3. The highest BCUT2D eigenvalue weighted by Crippen LogP contribution is 2.62. The van der Waals surface area contributed by atoms with Crippen LogP contribution in [0.15, 0.2) is 229 Å². The lowest BCUT2D eigenvalue weighted by Gasteiger charge is -2.36. The van der Waals surface area contributed by atoms with Crippen LogP contribution in [0.2, 0.25) is 0 Å². The Kier molecular flexibility index (Phi) is 7.26. The quantitative estimate of drug-likeness (QED) is 0.177. The van der Waals surface area contributed by atoms with E-state index in [0.717, 1.165) is 44.6 Å². The van der Waals surface area contributed by atoms with Crippen molar-refractivity contribution in [2.24, 2.45) is 0 Å². The van der Waals surface area contributed by atoms with Gasteiger partial charge in [0.2, 0.25) is 0 Å². The van der Waals surface area contributed by atoms with Gasteiger partial charge in [0.05, 0.1) is 11.1 Å². The third kappa shape index (κ3) is 4.85. The van der Waals surface area contributed by atoms with E-state index >= 15 is 0 Å². The Morgan fingerprint density at radius 3 is 1.62 bits per heavy atom. The van der Waals surface area contributed by atoms with Gasteiger partial charge in [-0.1, -0.05) is 170 Å². The zero-order valence-electron chi connectivity index (χ0n) is 33.2. The third-order valence-corrected chi connectivity index (χ3v) is 13.3. The minimum absolute atomic E-state index is 0.583. The molecular weight excluding hydrogens is 739 g/mol. The van der Waals surface area contributed by atoms with Gasteiger partial charge in [0.25, 0.3) is 0 Å². The summed E-state index contributed by atoms with van der Waals surface area (Å²) in [4.78, 5) is 2.45. The minimum atomic E-state index is -0.583. The third-order valence-electron chi connectivity index (χ3n) is 13.3. The van der Waals surface area contributed by atoms with Crippen molar-refractivity contribution in [1.82, 2.24) is 0 Å². The van der Waals surface area contributed by atoms with E-state index < -0.39 is 5.41 Å². The van der Waals surface area contributed by atoms with E-state index in [4.69, 9.17) is 4.42 Å². The largest absolute Gasteiger partial charge is 0.456 e. The standard InChI is InChI=1S/C59H37NO/c1-2-16-38(17-3-1)43-20-10-14-28-56(43)60(42-31-33-58-51(37-42)48-25-11-15-29-57(48)61-58)41-30-32-54-50(36-41)45-22-7-6-21-44(45)46-23-8-12-26-52(46)59(54)53-27-13-9-24-47(53)49-34-39-18-4-5-19-40(39)35-55(49)59/h1-37H. The van der Waals surface area contributed by atoms with Crippen LogP contribution >= 0.6 is 0 Å². The lowest BCUT2D eigenvalue weighted by molar-refractivity contribution is 0.669. The maximum atomic E-state index is 6.37. The van der Waals surface area contributed by atoms with Crippen LogP contribution in [0.1, 0.15) is 22.3 Å². The van der Waals surface area contributed by atoms with Crippen molar-refractivity contribution in [2.45, 2.75) is 5.41 Å². The van der Waals surface area contributed by atoms with Gasteiger partial charge >= 0.3 is 0 Å². The molecule has 2 heteroatoms. The van der Waals surface area contributed by atoms with E-state index in [9.17, 15) is 0 Å². The van der Waals surface area contributed by atoms with Crippen molar-refractivity contribution in [1.29, 1.82) is 0 Å². The number of anilines is 3. The number of hydrogen-bond donors (Lipinski definition) is 0. The topological polar surface area (TPSA) is 16.4 Å². The second-order valence-corrected chi connectivity index (χ2v) is 16.4. The lowest BCUT2D eigenvalue weighted by atomic mass is 9.65. The zero-order valence-corrected chi connectivity index (χ0v) is 33.2. The van der Waals surface area contributed by atoms with Crippen LogP contribution < -0.4 is 4.90 Å². The van der Waals surface area contributed by atoms with E-state index in [1.807, 2.05) is 6.07 Å². The number of para-hydroxylation sites is 2. The smallest absolute Gasteiger partial charge is 0.135 e. The number of rotatable bonds is 4. The molecule has 1 unspecified atom stereocenters. The van der Waals surface area contributed by atoms with E-state index in [2.05, 4.69) is 223 Å². The van der Waals surface area contributed by atoms with Gasteiger partial charge in [-0.15, -0.1) is 0 Å². The normalized spacial score (nSPS) is 14.6. The van der Waals surface area contributed by atoms with E-state index in [-0.39, 0.29) is 0 Å². The first-order valence-corrected chi connectivity index (χ1v) is 21.1. The first-order valence-electron chi connectivity index (χ1n) is 21.1. The molecular formula is C59H37NO. The average Bonchev–Trinajstić information content (AvgIpc) is 3.81. The molecule has 0 radical (unpaired) electrons. The molecule has 10 aromatic carbocycles. The molecule has 0 bridgehead atoms. The summed E-state index contributed by atoms with van der Waals surface area (Å²) in [5.41, 5.74) is 19.5. The average molecular weight is 776 g/mol. The van der Waals surface area contributed by atoms with E-state index in [1.54, 1.807) is 0 Å². The fourth-order valence-corrected chi connectivity index (χ4v) is 10.7. The molecule has 0 saturated carbocycles. The second-order valence-electron chi connectivity index (χ2n) is 16.4. The van der Waals surface area contributed by atoms with Gasteiger partial charge in [0.1, 0.15) is 11.2 Å². The molecule has 61 heavy (non-hydrogen) atoms. The summed E-state index contributed by atoms with van der Waals surface area (Å²) >= 11 is 0. The Balaban J connectivity index is 1.14.